The molecule has 1 aliphatic carbocycles. The summed E-state index contributed by atoms with van der Waals surface area (Å²) in [5, 5.41) is 3.63. The van der Waals surface area contributed by atoms with Crippen LogP contribution in [0.4, 0.5) is 16.0 Å². The molecule has 1 saturated carbocycles. The minimum atomic E-state index is -1.34. The number of hydrogen-bond acceptors (Lipinski definition) is 9. The Labute approximate surface area is 345 Å². The largest absolute Gasteiger partial charge is 0.369 e. The number of piperidine rings is 2. The van der Waals surface area contributed by atoms with Crippen molar-refractivity contribution in [2.24, 2.45) is 11.3 Å². The molecule has 4 fully saturated rings. The maximum atomic E-state index is 15.2. The zero-order valence-corrected chi connectivity index (χ0v) is 34.6. The summed E-state index contributed by atoms with van der Waals surface area (Å²) in [6.07, 6.45) is 10.4. The third-order valence-electron chi connectivity index (χ3n) is 14.4. The lowest BCUT2D eigenvalue weighted by molar-refractivity contribution is -0.136. The summed E-state index contributed by atoms with van der Waals surface area (Å²) in [5.41, 5.74) is 6.40. The van der Waals surface area contributed by atoms with Crippen molar-refractivity contribution in [1.29, 1.82) is 0 Å². The van der Waals surface area contributed by atoms with Crippen molar-refractivity contribution >= 4 is 40.3 Å². The number of para-hydroxylation sites is 1. The van der Waals surface area contributed by atoms with E-state index in [0.717, 1.165) is 92.1 Å². The van der Waals surface area contributed by atoms with E-state index in [-0.39, 0.29) is 36.2 Å². The second-order valence-electron chi connectivity index (χ2n) is 19.0. The van der Waals surface area contributed by atoms with Gasteiger partial charge in [-0.25, -0.2) is 14.4 Å². The van der Waals surface area contributed by atoms with Crippen LogP contribution in [0.2, 0.25) is 0 Å². The molecular formula is C46H56FN9O3. The van der Waals surface area contributed by atoms with Crippen molar-refractivity contribution in [2.75, 3.05) is 62.2 Å². The van der Waals surface area contributed by atoms with E-state index in [9.17, 15) is 14.4 Å². The zero-order valence-electron chi connectivity index (χ0n) is 34.6. The van der Waals surface area contributed by atoms with E-state index in [1.165, 1.54) is 36.6 Å². The zero-order chi connectivity index (χ0) is 40.6. The molecule has 1 spiro atoms. The Morgan fingerprint density at radius 2 is 1.68 bits per heavy atom. The summed E-state index contributed by atoms with van der Waals surface area (Å²) in [4.78, 5) is 62.2. The normalized spacial score (nSPS) is 25.4. The fraction of sp³-hybridized carbons (Fsp3) is 0.543. The highest BCUT2D eigenvalue weighted by molar-refractivity contribution is 6.05. The van der Waals surface area contributed by atoms with Crippen molar-refractivity contribution in [1.82, 2.24) is 35.0 Å². The summed E-state index contributed by atoms with van der Waals surface area (Å²) in [6, 6.07) is 14.0. The van der Waals surface area contributed by atoms with E-state index in [0.29, 0.717) is 30.5 Å². The van der Waals surface area contributed by atoms with Gasteiger partial charge in [-0.05, 0) is 106 Å². The van der Waals surface area contributed by atoms with Gasteiger partial charge in [0.15, 0.2) is 0 Å². The van der Waals surface area contributed by atoms with Crippen LogP contribution >= 0.6 is 0 Å². The molecule has 3 atom stereocenters. The molecule has 2 N–H and O–H groups in total. The van der Waals surface area contributed by atoms with Crippen LogP contribution in [0.3, 0.4) is 0 Å². The molecule has 13 heteroatoms. The molecule has 0 bridgehead atoms. The van der Waals surface area contributed by atoms with Crippen molar-refractivity contribution in [3.05, 3.63) is 82.8 Å². The fourth-order valence-electron chi connectivity index (χ4n) is 11.4. The maximum absolute atomic E-state index is 15.2. The number of benzene rings is 2. The minimum absolute atomic E-state index is 0.125. The van der Waals surface area contributed by atoms with E-state index >= 15 is 4.39 Å². The predicted octanol–water partition coefficient (Wildman–Crippen LogP) is 5.62. The maximum Gasteiger partial charge on any atom is 0.255 e. The Kier molecular flexibility index (Phi) is 9.54. The molecule has 6 aliphatic rings. The number of aromatic amines is 1. The van der Waals surface area contributed by atoms with Crippen molar-refractivity contribution in [2.45, 2.75) is 96.1 Å². The number of nitrogens with zero attached hydrogens (tertiary/aromatic N) is 7. The van der Waals surface area contributed by atoms with Crippen LogP contribution in [0.1, 0.15) is 98.1 Å². The number of imide groups is 1. The molecule has 12 nitrogen and oxygen atoms in total. The lowest BCUT2D eigenvalue weighted by Crippen LogP contribution is -2.53. The number of carbonyl (C=O) groups excluding carboxylic acids is 3. The average molecular weight is 802 g/mol. The Balaban J connectivity index is 0.715. The van der Waals surface area contributed by atoms with Crippen LogP contribution in [0.15, 0.2) is 54.9 Å². The highest BCUT2D eigenvalue weighted by Crippen LogP contribution is 2.53. The number of nitrogens with one attached hydrogen (secondary N) is 2. The lowest BCUT2D eigenvalue weighted by atomic mass is 9.57. The van der Waals surface area contributed by atoms with Gasteiger partial charge in [0, 0.05) is 117 Å². The van der Waals surface area contributed by atoms with Crippen molar-refractivity contribution in [3.63, 3.8) is 0 Å². The quantitative estimate of drug-likeness (QED) is 0.219. The first-order chi connectivity index (χ1) is 28.4. The molecule has 0 radical (unpaired) electrons. The first-order valence-corrected chi connectivity index (χ1v) is 21.8. The second-order valence-corrected chi connectivity index (χ2v) is 19.0. The number of aromatic nitrogens is 3. The van der Waals surface area contributed by atoms with E-state index in [1.807, 2.05) is 24.5 Å². The number of amides is 3. The van der Waals surface area contributed by atoms with Gasteiger partial charge in [0.25, 0.3) is 5.91 Å². The van der Waals surface area contributed by atoms with Gasteiger partial charge in [0.2, 0.25) is 17.8 Å². The number of H-pyrrole nitrogens is 1. The molecule has 2 aromatic heterocycles. The van der Waals surface area contributed by atoms with E-state index < -0.39 is 11.7 Å². The number of rotatable bonds is 8. The van der Waals surface area contributed by atoms with Crippen molar-refractivity contribution < 1.29 is 18.8 Å². The average Bonchev–Trinajstić information content (AvgIpc) is 3.74. The van der Waals surface area contributed by atoms with Gasteiger partial charge in [0.1, 0.15) is 11.7 Å². The van der Waals surface area contributed by atoms with Crippen LogP contribution < -0.4 is 15.1 Å². The van der Waals surface area contributed by atoms with Gasteiger partial charge < -0.3 is 19.7 Å². The number of alkyl halides is 1. The minimum Gasteiger partial charge on any atom is -0.369 e. The van der Waals surface area contributed by atoms with Gasteiger partial charge in [-0.1, -0.05) is 18.2 Å². The molecule has 7 heterocycles. The smallest absolute Gasteiger partial charge is 0.255 e. The van der Waals surface area contributed by atoms with Crippen LogP contribution in [-0.4, -0.2) is 117 Å². The molecule has 10 rings (SSSR count). The van der Waals surface area contributed by atoms with Crippen LogP contribution in [0.5, 0.6) is 0 Å². The number of halogens is 1. The lowest BCUT2D eigenvalue weighted by Gasteiger charge is -2.53. The Morgan fingerprint density at radius 1 is 0.932 bits per heavy atom. The molecule has 5 aliphatic heterocycles. The molecule has 1 unspecified atom stereocenters. The second kappa shape index (κ2) is 14.7. The van der Waals surface area contributed by atoms with Gasteiger partial charge in [-0.3, -0.25) is 29.5 Å². The Hall–Kier alpha value is -4.88. The van der Waals surface area contributed by atoms with Crippen molar-refractivity contribution in [3.8, 4) is 0 Å². The monoisotopic (exact) mass is 801 g/mol. The molecule has 59 heavy (non-hydrogen) atoms. The summed E-state index contributed by atoms with van der Waals surface area (Å²) in [7, 11) is 0. The fourth-order valence-corrected chi connectivity index (χ4v) is 11.4. The van der Waals surface area contributed by atoms with E-state index in [1.54, 1.807) is 18.7 Å². The first-order valence-electron chi connectivity index (χ1n) is 21.8. The third-order valence-corrected chi connectivity index (χ3v) is 14.4. The highest BCUT2D eigenvalue weighted by atomic mass is 19.1. The third kappa shape index (κ3) is 7.17. The summed E-state index contributed by atoms with van der Waals surface area (Å²) in [5.74, 6) is 0.754. The van der Waals surface area contributed by atoms with Crippen LogP contribution in [0, 0.1) is 11.3 Å². The summed E-state index contributed by atoms with van der Waals surface area (Å²) in [6.45, 7) is 13.3. The van der Waals surface area contributed by atoms with Gasteiger partial charge in [-0.15, -0.1) is 0 Å². The van der Waals surface area contributed by atoms with E-state index in [2.05, 4.69) is 67.2 Å². The molecule has 310 valence electrons. The Morgan fingerprint density at radius 3 is 2.41 bits per heavy atom. The molecular weight excluding hydrogens is 746 g/mol. The number of carbonyl (C=O) groups is 3. The summed E-state index contributed by atoms with van der Waals surface area (Å²) >= 11 is 0. The topological polar surface area (TPSA) is 121 Å². The van der Waals surface area contributed by atoms with Crippen LogP contribution in [0.25, 0.3) is 10.9 Å². The van der Waals surface area contributed by atoms with E-state index in [4.69, 9.17) is 9.97 Å². The molecule has 3 saturated heterocycles. The number of fused-ring (bicyclic) bond motifs is 4. The van der Waals surface area contributed by atoms with Gasteiger partial charge >= 0.3 is 0 Å². The number of hydrogen-bond donors (Lipinski definition) is 2. The standard InChI is InChI=1S/C46H56FN9O3/c1-29-20-36-35-6-4-5-7-37(35)50-40(36)41(56(29)28-45(2,3)47)32-24-48-44(49-25-32)54-14-12-46(13-15-54)22-30(23-46)26-52-16-18-53(19-17-52)33-8-9-34-31(21-33)27-55(43(34)59)38-10-11-39(57)51-42(38)58/h4-9,21,24-25,29-30,38,41,50H,10-20,22-23,26-28H2,1-3H3,(H,51,57,58)/t29-,38?,41-/m1/s1. The SMILES string of the molecule is C[C@@H]1Cc2c([nH]c3ccccc23)[C@@H](c2cnc(N3CCC4(CC3)CC(CN3CCN(c5ccc6c(c5)CN(C5CCC(=O)NC5=O)C6=O)CC3)C4)nc2)N1CC(C)(C)F. The highest BCUT2D eigenvalue weighted by Gasteiger charge is 2.47. The molecule has 2 aromatic carbocycles. The van der Waals surface area contributed by atoms with Crippen LogP contribution in [-0.2, 0) is 22.6 Å². The molecule has 4 aromatic rings. The predicted molar refractivity (Wildman–Crippen MR) is 225 cm³/mol. The number of piperazine rings is 1. The van der Waals surface area contributed by atoms with Gasteiger partial charge in [0.05, 0.1) is 6.04 Å². The van der Waals surface area contributed by atoms with Gasteiger partial charge in [-0.2, -0.15) is 0 Å². The first kappa shape index (κ1) is 38.3. The Bertz CT molecular complexity index is 2260. The molecule has 3 amide bonds. The summed E-state index contributed by atoms with van der Waals surface area (Å²) < 4.78 is 15.2. The number of anilines is 2.